The van der Waals surface area contributed by atoms with Crippen LogP contribution in [0, 0.1) is 0 Å². The zero-order valence-electron chi connectivity index (χ0n) is 8.46. The average molecular weight is 175 g/mol. The lowest BCUT2D eigenvalue weighted by Crippen LogP contribution is -2.36. The summed E-state index contributed by atoms with van der Waals surface area (Å²) in [6.45, 7) is 6.94. The van der Waals surface area contributed by atoms with E-state index in [0.29, 0.717) is 5.92 Å². The Morgan fingerprint density at radius 1 is 1.08 bits per heavy atom. The van der Waals surface area contributed by atoms with Gasteiger partial charge in [0.15, 0.2) is 0 Å². The summed E-state index contributed by atoms with van der Waals surface area (Å²) in [5.74, 6) is 0.644. The van der Waals surface area contributed by atoms with Crippen LogP contribution in [0.4, 0.5) is 5.69 Å². The van der Waals surface area contributed by atoms with E-state index in [0.717, 1.165) is 0 Å². The van der Waals surface area contributed by atoms with Gasteiger partial charge in [0, 0.05) is 18.8 Å². The molecule has 0 radical (unpaired) electrons. The molecular weight excluding hydrogens is 158 g/mol. The van der Waals surface area contributed by atoms with Gasteiger partial charge in [-0.15, -0.1) is 0 Å². The molecule has 0 aromatic heterocycles. The minimum absolute atomic E-state index is 0.644. The molecule has 1 aliphatic rings. The fourth-order valence-corrected chi connectivity index (χ4v) is 1.64. The SMILES string of the molecule is CC(C)c1ccc(N2CCC2)cc1. The summed E-state index contributed by atoms with van der Waals surface area (Å²) in [6, 6.07) is 8.99. The predicted molar refractivity (Wildman–Crippen MR) is 57.4 cm³/mol. The summed E-state index contributed by atoms with van der Waals surface area (Å²) in [5.41, 5.74) is 2.82. The summed E-state index contributed by atoms with van der Waals surface area (Å²) < 4.78 is 0. The summed E-state index contributed by atoms with van der Waals surface area (Å²) in [5, 5.41) is 0. The van der Waals surface area contributed by atoms with Gasteiger partial charge in [-0.05, 0) is 30.0 Å². The quantitative estimate of drug-likeness (QED) is 0.668. The molecule has 1 saturated heterocycles. The Morgan fingerprint density at radius 2 is 1.69 bits per heavy atom. The molecule has 1 aromatic carbocycles. The minimum Gasteiger partial charge on any atom is -0.371 e. The van der Waals surface area contributed by atoms with Gasteiger partial charge in [-0.25, -0.2) is 0 Å². The zero-order chi connectivity index (χ0) is 9.26. The Hall–Kier alpha value is -0.980. The molecule has 1 aliphatic heterocycles. The highest BCUT2D eigenvalue weighted by Gasteiger charge is 2.13. The fraction of sp³-hybridized carbons (Fsp3) is 0.500. The van der Waals surface area contributed by atoms with E-state index in [9.17, 15) is 0 Å². The second-order valence-electron chi connectivity index (χ2n) is 4.09. The van der Waals surface area contributed by atoms with Crippen molar-refractivity contribution in [2.45, 2.75) is 26.2 Å². The van der Waals surface area contributed by atoms with E-state index in [1.807, 2.05) is 0 Å². The molecule has 13 heavy (non-hydrogen) atoms. The van der Waals surface area contributed by atoms with Crippen LogP contribution in [0.15, 0.2) is 24.3 Å². The third kappa shape index (κ3) is 1.69. The van der Waals surface area contributed by atoms with E-state index in [-0.39, 0.29) is 0 Å². The summed E-state index contributed by atoms with van der Waals surface area (Å²) in [6.07, 6.45) is 1.35. The Morgan fingerprint density at radius 3 is 2.08 bits per heavy atom. The van der Waals surface area contributed by atoms with Gasteiger partial charge in [-0.2, -0.15) is 0 Å². The lowest BCUT2D eigenvalue weighted by Gasteiger charge is -2.33. The Bertz CT molecular complexity index is 270. The highest BCUT2D eigenvalue weighted by molar-refractivity contribution is 5.49. The first-order valence-corrected chi connectivity index (χ1v) is 5.12. The van der Waals surface area contributed by atoms with Gasteiger partial charge in [-0.1, -0.05) is 26.0 Å². The number of benzene rings is 1. The first kappa shape index (κ1) is 8.61. The van der Waals surface area contributed by atoms with Gasteiger partial charge in [-0.3, -0.25) is 0 Å². The summed E-state index contributed by atoms with van der Waals surface area (Å²) in [4.78, 5) is 2.42. The number of anilines is 1. The molecule has 1 heterocycles. The van der Waals surface area contributed by atoms with Crippen molar-refractivity contribution >= 4 is 5.69 Å². The predicted octanol–water partition coefficient (Wildman–Crippen LogP) is 3.02. The van der Waals surface area contributed by atoms with Crippen molar-refractivity contribution in [1.29, 1.82) is 0 Å². The molecule has 0 bridgehead atoms. The van der Waals surface area contributed by atoms with E-state index in [2.05, 4.69) is 43.0 Å². The van der Waals surface area contributed by atoms with Crippen LogP contribution < -0.4 is 4.90 Å². The molecule has 0 unspecified atom stereocenters. The lowest BCUT2D eigenvalue weighted by atomic mass is 10.0. The highest BCUT2D eigenvalue weighted by Crippen LogP contribution is 2.23. The third-order valence-corrected chi connectivity index (χ3v) is 2.78. The smallest absolute Gasteiger partial charge is 0.0366 e. The molecule has 0 aliphatic carbocycles. The topological polar surface area (TPSA) is 3.24 Å². The Labute approximate surface area is 80.4 Å². The molecule has 0 amide bonds. The maximum Gasteiger partial charge on any atom is 0.0366 e. The van der Waals surface area contributed by atoms with Crippen molar-refractivity contribution in [3.05, 3.63) is 29.8 Å². The van der Waals surface area contributed by atoms with Gasteiger partial charge in [0.2, 0.25) is 0 Å². The van der Waals surface area contributed by atoms with Crippen LogP contribution in [-0.2, 0) is 0 Å². The Kier molecular flexibility index (Phi) is 2.26. The fourth-order valence-electron chi connectivity index (χ4n) is 1.64. The van der Waals surface area contributed by atoms with Crippen LogP contribution in [0.25, 0.3) is 0 Å². The zero-order valence-corrected chi connectivity index (χ0v) is 8.46. The molecule has 2 rings (SSSR count). The largest absolute Gasteiger partial charge is 0.371 e. The molecule has 1 fully saturated rings. The van der Waals surface area contributed by atoms with Crippen molar-refractivity contribution in [1.82, 2.24) is 0 Å². The standard InChI is InChI=1S/C12H17N/c1-10(2)11-4-6-12(7-5-11)13-8-3-9-13/h4-7,10H,3,8-9H2,1-2H3. The van der Waals surface area contributed by atoms with Gasteiger partial charge in [0.25, 0.3) is 0 Å². The second kappa shape index (κ2) is 3.41. The van der Waals surface area contributed by atoms with Crippen molar-refractivity contribution in [3.8, 4) is 0 Å². The Balaban J connectivity index is 2.13. The van der Waals surface area contributed by atoms with E-state index >= 15 is 0 Å². The number of hydrogen-bond donors (Lipinski definition) is 0. The van der Waals surface area contributed by atoms with Crippen LogP contribution in [0.2, 0.25) is 0 Å². The molecule has 0 saturated carbocycles. The lowest BCUT2D eigenvalue weighted by molar-refractivity contribution is 0.617. The van der Waals surface area contributed by atoms with Crippen molar-refractivity contribution < 1.29 is 0 Å². The maximum atomic E-state index is 2.42. The van der Waals surface area contributed by atoms with E-state index in [4.69, 9.17) is 0 Å². The molecule has 1 nitrogen and oxygen atoms in total. The first-order valence-electron chi connectivity index (χ1n) is 5.12. The normalized spacial score (nSPS) is 16.1. The molecule has 0 spiro atoms. The van der Waals surface area contributed by atoms with Gasteiger partial charge >= 0.3 is 0 Å². The highest BCUT2D eigenvalue weighted by atomic mass is 15.2. The number of rotatable bonds is 2. The summed E-state index contributed by atoms with van der Waals surface area (Å²) >= 11 is 0. The van der Waals surface area contributed by atoms with Crippen molar-refractivity contribution in [2.24, 2.45) is 0 Å². The molecule has 1 aromatic rings. The van der Waals surface area contributed by atoms with Gasteiger partial charge in [0.1, 0.15) is 0 Å². The van der Waals surface area contributed by atoms with E-state index in [1.54, 1.807) is 0 Å². The van der Waals surface area contributed by atoms with Crippen LogP contribution in [0.3, 0.4) is 0 Å². The van der Waals surface area contributed by atoms with Crippen LogP contribution in [-0.4, -0.2) is 13.1 Å². The number of nitrogens with zero attached hydrogens (tertiary/aromatic N) is 1. The van der Waals surface area contributed by atoms with Crippen LogP contribution >= 0.6 is 0 Å². The molecule has 0 N–H and O–H groups in total. The molecule has 0 atom stereocenters. The summed E-state index contributed by atoms with van der Waals surface area (Å²) in [7, 11) is 0. The van der Waals surface area contributed by atoms with E-state index in [1.165, 1.54) is 30.8 Å². The first-order chi connectivity index (χ1) is 6.27. The van der Waals surface area contributed by atoms with Gasteiger partial charge in [0.05, 0.1) is 0 Å². The molecule has 1 heteroatoms. The maximum absolute atomic E-state index is 2.42. The molecular formula is C12H17N. The molecule has 70 valence electrons. The average Bonchev–Trinajstić information content (AvgIpc) is 2.02. The third-order valence-electron chi connectivity index (χ3n) is 2.78. The second-order valence-corrected chi connectivity index (χ2v) is 4.09. The monoisotopic (exact) mass is 175 g/mol. The van der Waals surface area contributed by atoms with E-state index < -0.39 is 0 Å². The van der Waals surface area contributed by atoms with Crippen LogP contribution in [0.1, 0.15) is 31.7 Å². The minimum atomic E-state index is 0.644. The number of hydrogen-bond acceptors (Lipinski definition) is 1. The van der Waals surface area contributed by atoms with Gasteiger partial charge < -0.3 is 4.90 Å². The van der Waals surface area contributed by atoms with Crippen molar-refractivity contribution in [3.63, 3.8) is 0 Å². The van der Waals surface area contributed by atoms with Crippen LogP contribution in [0.5, 0.6) is 0 Å². The van der Waals surface area contributed by atoms with Crippen molar-refractivity contribution in [2.75, 3.05) is 18.0 Å².